The maximum absolute atomic E-state index is 11.3. The zero-order valence-corrected chi connectivity index (χ0v) is 8.77. The number of nitrogens with one attached hydrogen (secondary N) is 1. The van der Waals surface area contributed by atoms with Crippen molar-refractivity contribution >= 4 is 11.6 Å². The van der Waals surface area contributed by atoms with Crippen molar-refractivity contribution in [3.05, 3.63) is 24.3 Å². The lowest BCUT2D eigenvalue weighted by Gasteiger charge is -2.06. The summed E-state index contributed by atoms with van der Waals surface area (Å²) in [6.07, 6.45) is 0.281. The third-order valence-electron chi connectivity index (χ3n) is 1.79. The minimum absolute atomic E-state index is 0.0137. The van der Waals surface area contributed by atoms with Crippen molar-refractivity contribution in [3.8, 4) is 11.8 Å². The summed E-state index contributed by atoms with van der Waals surface area (Å²) >= 11 is 0. The van der Waals surface area contributed by atoms with Gasteiger partial charge in [-0.3, -0.25) is 4.79 Å². The summed E-state index contributed by atoms with van der Waals surface area (Å²) in [6.45, 7) is 0.302. The Hall–Kier alpha value is -2.06. The van der Waals surface area contributed by atoms with Gasteiger partial charge in [-0.05, 0) is 12.1 Å². The predicted molar refractivity (Wildman–Crippen MR) is 59.9 cm³/mol. The zero-order valence-electron chi connectivity index (χ0n) is 8.77. The molecule has 0 saturated heterocycles. The number of carbonyl (C=O) groups excluding carboxylic acids is 1. The number of amides is 1. The highest BCUT2D eigenvalue weighted by molar-refractivity contribution is 5.90. The number of nitriles is 1. The molecule has 16 heavy (non-hydrogen) atoms. The molecular formula is C11H13N3O2. The van der Waals surface area contributed by atoms with Crippen LogP contribution in [0.15, 0.2) is 24.3 Å². The fraction of sp³-hybridized carbons (Fsp3) is 0.273. The first-order chi connectivity index (χ1) is 7.76. The van der Waals surface area contributed by atoms with Gasteiger partial charge in [-0.2, -0.15) is 5.26 Å². The van der Waals surface area contributed by atoms with Crippen LogP contribution in [0.2, 0.25) is 0 Å². The monoisotopic (exact) mass is 219 g/mol. The van der Waals surface area contributed by atoms with Gasteiger partial charge in [0.05, 0.1) is 0 Å². The van der Waals surface area contributed by atoms with Crippen molar-refractivity contribution in [1.82, 2.24) is 0 Å². The van der Waals surface area contributed by atoms with E-state index < -0.39 is 0 Å². The van der Waals surface area contributed by atoms with Gasteiger partial charge in [-0.25, -0.2) is 0 Å². The van der Waals surface area contributed by atoms with E-state index in [0.29, 0.717) is 18.0 Å². The van der Waals surface area contributed by atoms with E-state index in [1.165, 1.54) is 0 Å². The summed E-state index contributed by atoms with van der Waals surface area (Å²) in [5.41, 5.74) is 5.89. The Morgan fingerprint density at radius 2 is 2.38 bits per heavy atom. The van der Waals surface area contributed by atoms with E-state index in [2.05, 4.69) is 5.32 Å². The van der Waals surface area contributed by atoms with E-state index in [-0.39, 0.29) is 18.9 Å². The van der Waals surface area contributed by atoms with Gasteiger partial charge in [0, 0.05) is 24.7 Å². The highest BCUT2D eigenvalue weighted by Gasteiger charge is 2.01. The molecule has 84 valence electrons. The lowest BCUT2D eigenvalue weighted by Crippen LogP contribution is -2.16. The standard InChI is InChI=1S/C11H13N3O2/c12-5-4-11(15)14-9-2-1-3-10(8-9)16-7-6-13/h1-3,8H,4-5,7,12H2,(H,14,15). The second kappa shape index (κ2) is 6.43. The Bertz CT molecular complexity index is 398. The molecule has 0 atom stereocenters. The first-order valence-corrected chi connectivity index (χ1v) is 4.86. The molecule has 0 aliphatic rings. The molecule has 3 N–H and O–H groups in total. The van der Waals surface area contributed by atoms with Crippen LogP contribution in [0.3, 0.4) is 0 Å². The van der Waals surface area contributed by atoms with Crippen molar-refractivity contribution in [2.24, 2.45) is 5.73 Å². The number of hydrogen-bond acceptors (Lipinski definition) is 4. The number of benzene rings is 1. The maximum Gasteiger partial charge on any atom is 0.225 e. The van der Waals surface area contributed by atoms with Crippen LogP contribution in [0.5, 0.6) is 5.75 Å². The van der Waals surface area contributed by atoms with Crippen molar-refractivity contribution in [2.45, 2.75) is 6.42 Å². The van der Waals surface area contributed by atoms with Gasteiger partial charge in [0.25, 0.3) is 0 Å². The quantitative estimate of drug-likeness (QED) is 0.769. The molecule has 0 aliphatic carbocycles. The van der Waals surface area contributed by atoms with Crippen LogP contribution < -0.4 is 15.8 Å². The van der Waals surface area contributed by atoms with E-state index >= 15 is 0 Å². The van der Waals surface area contributed by atoms with Crippen molar-refractivity contribution in [1.29, 1.82) is 5.26 Å². The van der Waals surface area contributed by atoms with Gasteiger partial charge in [-0.15, -0.1) is 0 Å². The molecule has 1 rings (SSSR count). The molecule has 0 bridgehead atoms. The summed E-state index contributed by atoms with van der Waals surface area (Å²) in [7, 11) is 0. The zero-order chi connectivity index (χ0) is 11.8. The minimum atomic E-state index is -0.139. The number of nitrogens with two attached hydrogens (primary N) is 1. The van der Waals surface area contributed by atoms with Gasteiger partial charge in [0.1, 0.15) is 11.8 Å². The average Bonchev–Trinajstić information content (AvgIpc) is 2.27. The average molecular weight is 219 g/mol. The smallest absolute Gasteiger partial charge is 0.225 e. The van der Waals surface area contributed by atoms with Crippen LogP contribution in [0.4, 0.5) is 5.69 Å². The Morgan fingerprint density at radius 3 is 3.06 bits per heavy atom. The number of hydrogen-bond donors (Lipinski definition) is 2. The molecule has 5 heteroatoms. The van der Waals surface area contributed by atoms with Crippen LogP contribution >= 0.6 is 0 Å². The third kappa shape index (κ3) is 3.98. The number of rotatable bonds is 5. The molecule has 0 heterocycles. The van der Waals surface area contributed by atoms with Crippen LogP contribution in [-0.2, 0) is 4.79 Å². The molecule has 0 spiro atoms. The topological polar surface area (TPSA) is 88.1 Å². The Morgan fingerprint density at radius 1 is 1.56 bits per heavy atom. The molecule has 1 aromatic carbocycles. The molecule has 1 aromatic rings. The van der Waals surface area contributed by atoms with Crippen molar-refractivity contribution in [2.75, 3.05) is 18.5 Å². The van der Waals surface area contributed by atoms with Crippen LogP contribution in [0.1, 0.15) is 6.42 Å². The summed E-state index contributed by atoms with van der Waals surface area (Å²) < 4.78 is 5.10. The predicted octanol–water partition coefficient (Wildman–Crippen LogP) is 0.876. The number of carbonyl (C=O) groups is 1. The molecule has 0 saturated carbocycles. The minimum Gasteiger partial charge on any atom is -0.479 e. The van der Waals surface area contributed by atoms with Gasteiger partial charge in [0.15, 0.2) is 6.61 Å². The normalized spacial score (nSPS) is 9.25. The summed E-state index contributed by atoms with van der Waals surface area (Å²) in [5, 5.41) is 11.0. The molecule has 0 radical (unpaired) electrons. The summed E-state index contributed by atoms with van der Waals surface area (Å²) in [5.74, 6) is 0.409. The SMILES string of the molecule is N#CCOc1cccc(NC(=O)CCN)c1. The second-order valence-electron chi connectivity index (χ2n) is 3.06. The first kappa shape index (κ1) is 12.0. The highest BCUT2D eigenvalue weighted by atomic mass is 16.5. The van der Waals surface area contributed by atoms with Crippen LogP contribution in [0.25, 0.3) is 0 Å². The van der Waals surface area contributed by atoms with Crippen molar-refractivity contribution in [3.63, 3.8) is 0 Å². The summed E-state index contributed by atoms with van der Waals surface area (Å²) in [4.78, 5) is 11.3. The van der Waals surface area contributed by atoms with E-state index in [1.807, 2.05) is 6.07 Å². The number of ether oxygens (including phenoxy) is 1. The fourth-order valence-corrected chi connectivity index (χ4v) is 1.13. The number of nitrogens with zero attached hydrogens (tertiary/aromatic N) is 1. The maximum atomic E-state index is 11.3. The number of anilines is 1. The summed E-state index contributed by atoms with van der Waals surface area (Å²) in [6, 6.07) is 8.73. The van der Waals surface area contributed by atoms with Crippen LogP contribution in [-0.4, -0.2) is 19.1 Å². The van der Waals surface area contributed by atoms with E-state index in [1.54, 1.807) is 24.3 Å². The van der Waals surface area contributed by atoms with Crippen molar-refractivity contribution < 1.29 is 9.53 Å². The second-order valence-corrected chi connectivity index (χ2v) is 3.06. The molecule has 0 fully saturated rings. The molecular weight excluding hydrogens is 206 g/mol. The van der Waals surface area contributed by atoms with E-state index in [0.717, 1.165) is 0 Å². The Balaban J connectivity index is 2.60. The molecule has 0 aromatic heterocycles. The molecule has 0 unspecified atom stereocenters. The highest BCUT2D eigenvalue weighted by Crippen LogP contribution is 2.17. The Kier molecular flexibility index (Phi) is 4.83. The van der Waals surface area contributed by atoms with Gasteiger partial charge >= 0.3 is 0 Å². The van der Waals surface area contributed by atoms with E-state index in [4.69, 9.17) is 15.7 Å². The largest absolute Gasteiger partial charge is 0.479 e. The molecule has 1 amide bonds. The van der Waals surface area contributed by atoms with Gasteiger partial charge in [-0.1, -0.05) is 6.07 Å². The van der Waals surface area contributed by atoms with Gasteiger partial charge < -0.3 is 15.8 Å². The van der Waals surface area contributed by atoms with Crippen LogP contribution in [0, 0.1) is 11.3 Å². The lowest BCUT2D eigenvalue weighted by molar-refractivity contribution is -0.116. The van der Waals surface area contributed by atoms with E-state index in [9.17, 15) is 4.79 Å². The first-order valence-electron chi connectivity index (χ1n) is 4.86. The lowest BCUT2D eigenvalue weighted by atomic mass is 10.3. The Labute approximate surface area is 93.8 Å². The molecule has 5 nitrogen and oxygen atoms in total. The fourth-order valence-electron chi connectivity index (χ4n) is 1.13. The molecule has 0 aliphatic heterocycles. The third-order valence-corrected chi connectivity index (χ3v) is 1.79. The van der Waals surface area contributed by atoms with Gasteiger partial charge in [0.2, 0.25) is 5.91 Å².